The fourth-order valence-corrected chi connectivity index (χ4v) is 2.79. The summed E-state index contributed by atoms with van der Waals surface area (Å²) in [4.78, 5) is 16.6. The topological polar surface area (TPSA) is 69.0 Å². The van der Waals surface area contributed by atoms with Crippen molar-refractivity contribution in [2.75, 3.05) is 12.4 Å². The molecule has 0 unspecified atom stereocenters. The molecule has 0 radical (unpaired) electrons. The third-order valence-electron chi connectivity index (χ3n) is 4.07. The molecule has 136 valence electrons. The lowest BCUT2D eigenvalue weighted by molar-refractivity contribution is 0.102. The molecule has 4 rings (SSSR count). The summed E-state index contributed by atoms with van der Waals surface area (Å²) in [6.45, 7) is 0. The maximum absolute atomic E-state index is 12.5. The highest BCUT2D eigenvalue weighted by molar-refractivity contribution is 6.08. The molecule has 0 saturated heterocycles. The van der Waals surface area contributed by atoms with E-state index in [1.54, 1.807) is 36.3 Å². The molecule has 0 saturated carbocycles. The van der Waals surface area contributed by atoms with E-state index in [4.69, 9.17) is 4.74 Å². The van der Waals surface area contributed by atoms with Crippen LogP contribution in [0.5, 0.6) is 5.88 Å². The second-order valence-corrected chi connectivity index (χ2v) is 5.67. The van der Waals surface area contributed by atoms with E-state index in [1.165, 1.54) is 0 Å². The Bertz CT molecular complexity index is 1080. The van der Waals surface area contributed by atoms with Crippen LogP contribution in [-0.4, -0.2) is 27.8 Å². The molecule has 0 aliphatic heterocycles. The number of ether oxygens (including phenoxy) is 1. The zero-order valence-electron chi connectivity index (χ0n) is 14.5. The molecule has 0 fully saturated rings. The first-order valence-electron chi connectivity index (χ1n) is 8.10. The van der Waals surface area contributed by atoms with Crippen molar-refractivity contribution >= 4 is 34.9 Å². The molecule has 1 amide bonds. The van der Waals surface area contributed by atoms with Gasteiger partial charge in [0.05, 0.1) is 30.2 Å². The van der Waals surface area contributed by atoms with Gasteiger partial charge in [-0.1, -0.05) is 24.3 Å². The van der Waals surface area contributed by atoms with Crippen molar-refractivity contribution in [2.45, 2.75) is 0 Å². The van der Waals surface area contributed by atoms with E-state index < -0.39 is 0 Å². The largest absolute Gasteiger partial charge is 0.481 e. The maximum atomic E-state index is 12.5. The summed E-state index contributed by atoms with van der Waals surface area (Å²) in [7, 11) is 1.57. The van der Waals surface area contributed by atoms with Crippen LogP contribution in [0, 0.1) is 0 Å². The first-order valence-corrected chi connectivity index (χ1v) is 8.10. The average Bonchev–Trinajstić information content (AvgIpc) is 3.14. The molecule has 0 bridgehead atoms. The molecule has 6 nitrogen and oxygen atoms in total. The smallest absolute Gasteiger partial charge is 0.255 e. The fraction of sp³-hybridized carbons (Fsp3) is 0.0500. The van der Waals surface area contributed by atoms with Gasteiger partial charge in [0.1, 0.15) is 0 Å². The minimum Gasteiger partial charge on any atom is -0.481 e. The van der Waals surface area contributed by atoms with E-state index in [2.05, 4.69) is 15.4 Å². The Hall–Kier alpha value is -3.38. The summed E-state index contributed by atoms with van der Waals surface area (Å²) in [5.74, 6) is 0.358. The molecule has 2 aromatic carbocycles. The van der Waals surface area contributed by atoms with Gasteiger partial charge in [0.2, 0.25) is 5.88 Å². The number of fused-ring (bicyclic) bond motifs is 1. The molecule has 4 aromatic rings. The van der Waals surface area contributed by atoms with Gasteiger partial charge in [0.15, 0.2) is 0 Å². The molecule has 0 spiro atoms. The summed E-state index contributed by atoms with van der Waals surface area (Å²) >= 11 is 0. The number of amides is 1. The normalized spacial score (nSPS) is 10.3. The van der Waals surface area contributed by atoms with Gasteiger partial charge in [0, 0.05) is 23.2 Å². The summed E-state index contributed by atoms with van der Waals surface area (Å²) in [6, 6.07) is 18.5. The van der Waals surface area contributed by atoms with Gasteiger partial charge in [-0.05, 0) is 30.3 Å². The summed E-state index contributed by atoms with van der Waals surface area (Å²) in [5, 5.41) is 8.28. The lowest BCUT2D eigenvalue weighted by Gasteiger charge is -2.08. The number of carbonyl (C=O) groups is 1. The van der Waals surface area contributed by atoms with Crippen LogP contribution in [0.15, 0.2) is 73.1 Å². The Balaban J connectivity index is 0.00000210. The molecular weight excluding hydrogens is 364 g/mol. The summed E-state index contributed by atoms with van der Waals surface area (Å²) < 4.78 is 6.97. The van der Waals surface area contributed by atoms with Crippen LogP contribution in [-0.2, 0) is 0 Å². The third kappa shape index (κ3) is 3.61. The maximum Gasteiger partial charge on any atom is 0.255 e. The van der Waals surface area contributed by atoms with Gasteiger partial charge in [-0.2, -0.15) is 5.10 Å². The number of aromatic nitrogens is 3. The average molecular weight is 381 g/mol. The highest BCUT2D eigenvalue weighted by Crippen LogP contribution is 2.26. The van der Waals surface area contributed by atoms with Crippen LogP contribution >= 0.6 is 12.4 Å². The molecule has 0 aliphatic carbocycles. The minimum atomic E-state index is -0.156. The Kier molecular flexibility index (Phi) is 5.38. The van der Waals surface area contributed by atoms with Crippen molar-refractivity contribution in [1.29, 1.82) is 0 Å². The van der Waals surface area contributed by atoms with Crippen molar-refractivity contribution in [2.24, 2.45) is 0 Å². The first-order chi connectivity index (χ1) is 12.8. The van der Waals surface area contributed by atoms with Crippen LogP contribution in [0.1, 0.15) is 10.4 Å². The molecular formula is C20H17ClN4O2. The van der Waals surface area contributed by atoms with Gasteiger partial charge >= 0.3 is 0 Å². The Morgan fingerprint density at radius 2 is 1.89 bits per heavy atom. The van der Waals surface area contributed by atoms with E-state index >= 15 is 0 Å². The number of methoxy groups -OCH3 is 1. The van der Waals surface area contributed by atoms with Crippen LogP contribution < -0.4 is 10.1 Å². The van der Waals surface area contributed by atoms with Crippen molar-refractivity contribution in [3.8, 4) is 11.6 Å². The van der Waals surface area contributed by atoms with Gasteiger partial charge in [-0.3, -0.25) is 4.79 Å². The third-order valence-corrected chi connectivity index (χ3v) is 4.07. The van der Waals surface area contributed by atoms with E-state index in [1.807, 2.05) is 48.5 Å². The van der Waals surface area contributed by atoms with E-state index in [0.29, 0.717) is 17.1 Å². The SMILES string of the molecule is COc1cc(-n2ncc3c(NC(=O)c4ccccc4)cccc32)ccn1.Cl. The summed E-state index contributed by atoms with van der Waals surface area (Å²) in [5.41, 5.74) is 3.03. The monoisotopic (exact) mass is 380 g/mol. The molecule has 1 N–H and O–H groups in total. The van der Waals surface area contributed by atoms with Gasteiger partial charge in [-0.15, -0.1) is 12.4 Å². The predicted molar refractivity (Wildman–Crippen MR) is 107 cm³/mol. The van der Waals surface area contributed by atoms with Crippen molar-refractivity contribution < 1.29 is 9.53 Å². The van der Waals surface area contributed by atoms with Crippen LogP contribution in [0.2, 0.25) is 0 Å². The first kappa shape index (κ1) is 18.4. The molecule has 27 heavy (non-hydrogen) atoms. The number of hydrogen-bond donors (Lipinski definition) is 1. The lowest BCUT2D eigenvalue weighted by atomic mass is 10.2. The Morgan fingerprint density at radius 1 is 1.07 bits per heavy atom. The molecule has 0 atom stereocenters. The number of anilines is 1. The van der Waals surface area contributed by atoms with Crippen LogP contribution in [0.25, 0.3) is 16.6 Å². The summed E-state index contributed by atoms with van der Waals surface area (Å²) in [6.07, 6.45) is 3.41. The Labute approximate surface area is 162 Å². The lowest BCUT2D eigenvalue weighted by Crippen LogP contribution is -2.11. The van der Waals surface area contributed by atoms with Crippen LogP contribution in [0.4, 0.5) is 5.69 Å². The van der Waals surface area contributed by atoms with Crippen molar-refractivity contribution in [3.63, 3.8) is 0 Å². The highest BCUT2D eigenvalue weighted by atomic mass is 35.5. The second-order valence-electron chi connectivity index (χ2n) is 5.67. The number of pyridine rings is 1. The van der Waals surface area contributed by atoms with Gasteiger partial charge in [0.25, 0.3) is 5.91 Å². The number of halogens is 1. The number of nitrogens with zero attached hydrogens (tertiary/aromatic N) is 3. The van der Waals surface area contributed by atoms with Gasteiger partial charge < -0.3 is 10.1 Å². The number of nitrogens with one attached hydrogen (secondary N) is 1. The zero-order chi connectivity index (χ0) is 17.9. The van der Waals surface area contributed by atoms with Crippen LogP contribution in [0.3, 0.4) is 0 Å². The second kappa shape index (κ2) is 7.88. The predicted octanol–water partition coefficient (Wildman–Crippen LogP) is 4.10. The number of carbonyl (C=O) groups excluding carboxylic acids is 1. The molecule has 7 heteroatoms. The zero-order valence-corrected chi connectivity index (χ0v) is 15.3. The van der Waals surface area contributed by atoms with E-state index in [-0.39, 0.29) is 18.3 Å². The molecule has 2 aromatic heterocycles. The fourth-order valence-electron chi connectivity index (χ4n) is 2.79. The number of rotatable bonds is 4. The van der Waals surface area contributed by atoms with E-state index in [0.717, 1.165) is 16.6 Å². The van der Waals surface area contributed by atoms with Crippen molar-refractivity contribution in [1.82, 2.24) is 14.8 Å². The quantitative estimate of drug-likeness (QED) is 0.578. The van der Waals surface area contributed by atoms with Gasteiger partial charge in [-0.25, -0.2) is 9.67 Å². The highest BCUT2D eigenvalue weighted by Gasteiger charge is 2.12. The number of hydrogen-bond acceptors (Lipinski definition) is 4. The number of benzene rings is 2. The Morgan fingerprint density at radius 3 is 2.67 bits per heavy atom. The molecule has 0 aliphatic rings. The van der Waals surface area contributed by atoms with Crippen molar-refractivity contribution in [3.05, 3.63) is 78.6 Å². The molecule has 2 heterocycles. The minimum absolute atomic E-state index is 0. The standard InChI is InChI=1S/C20H16N4O2.ClH/c1-26-19-12-15(10-11-21-19)24-18-9-5-8-17(16(18)13-22-24)23-20(25)14-6-3-2-4-7-14;/h2-13H,1H3,(H,23,25);1H. The van der Waals surface area contributed by atoms with E-state index in [9.17, 15) is 4.79 Å².